The maximum Gasteiger partial charge on any atom is 0.108 e. The Balaban J connectivity index is 1.66. The van der Waals surface area contributed by atoms with Crippen molar-refractivity contribution in [3.8, 4) is 0 Å². The number of imidazole rings is 1. The van der Waals surface area contributed by atoms with Crippen LogP contribution in [0.15, 0.2) is 36.5 Å². The van der Waals surface area contributed by atoms with E-state index in [-0.39, 0.29) is 0 Å². The molecule has 0 bridgehead atoms. The molecular formula is C36H62N2. The highest BCUT2D eigenvalue weighted by Crippen LogP contribution is 2.16. The minimum Gasteiger partial charge on any atom is -0.335 e. The van der Waals surface area contributed by atoms with Gasteiger partial charge in [0.15, 0.2) is 0 Å². The number of aryl methyl sites for hydroxylation is 4. The normalized spacial score (nSPS) is 11.4. The van der Waals surface area contributed by atoms with Gasteiger partial charge in [0.25, 0.3) is 0 Å². The molecule has 2 rings (SSSR count). The Labute approximate surface area is 237 Å². The number of unbranched alkanes of at least 4 members (excludes halogenated alkanes) is 18. The molecule has 2 heteroatoms. The first-order valence-corrected chi connectivity index (χ1v) is 16.9. The van der Waals surface area contributed by atoms with E-state index in [1.165, 1.54) is 152 Å². The van der Waals surface area contributed by atoms with Crippen LogP contribution >= 0.6 is 0 Å². The van der Waals surface area contributed by atoms with Crippen LogP contribution in [0.5, 0.6) is 0 Å². The lowest BCUT2D eigenvalue weighted by Crippen LogP contribution is -2.03. The summed E-state index contributed by atoms with van der Waals surface area (Å²) >= 11 is 0. The van der Waals surface area contributed by atoms with Crippen LogP contribution in [0, 0.1) is 0 Å². The summed E-state index contributed by atoms with van der Waals surface area (Å²) in [6.45, 7) is 5.76. The molecule has 1 aromatic heterocycles. The lowest BCUT2D eigenvalue weighted by molar-refractivity contribution is 0.523. The van der Waals surface area contributed by atoms with Gasteiger partial charge in [0.2, 0.25) is 0 Å². The Bertz CT molecular complexity index is 763. The molecule has 0 saturated carbocycles. The summed E-state index contributed by atoms with van der Waals surface area (Å²) in [7, 11) is 0. The Morgan fingerprint density at radius 1 is 0.500 bits per heavy atom. The summed E-state index contributed by atoms with van der Waals surface area (Å²) in [5.41, 5.74) is 2.76. The van der Waals surface area contributed by atoms with E-state index >= 15 is 0 Å². The Hall–Kier alpha value is -1.57. The quantitative estimate of drug-likeness (QED) is 0.112. The lowest BCUT2D eigenvalue weighted by Gasteiger charge is -2.08. The Morgan fingerprint density at radius 2 is 1.00 bits per heavy atom. The summed E-state index contributed by atoms with van der Waals surface area (Å²) in [4.78, 5) is 5.14. The molecule has 216 valence electrons. The zero-order valence-corrected chi connectivity index (χ0v) is 25.5. The van der Waals surface area contributed by atoms with E-state index in [1.807, 2.05) is 0 Å². The summed E-state index contributed by atoms with van der Waals surface area (Å²) in [5.74, 6) is 1.36. The van der Waals surface area contributed by atoms with Crippen molar-refractivity contribution < 1.29 is 0 Å². The number of nitrogens with zero attached hydrogens (tertiary/aromatic N) is 2. The predicted octanol–water partition coefficient (Wildman–Crippen LogP) is 11.4. The van der Waals surface area contributed by atoms with Gasteiger partial charge in [-0.05, 0) is 37.7 Å². The van der Waals surface area contributed by atoms with Crippen molar-refractivity contribution in [2.45, 2.75) is 174 Å². The topological polar surface area (TPSA) is 17.8 Å². The second-order valence-corrected chi connectivity index (χ2v) is 11.8. The van der Waals surface area contributed by atoms with E-state index in [0.717, 1.165) is 25.8 Å². The summed E-state index contributed by atoms with van der Waals surface area (Å²) in [6.07, 6.45) is 35.0. The van der Waals surface area contributed by atoms with Crippen LogP contribution in [0.2, 0.25) is 0 Å². The Kier molecular flexibility index (Phi) is 20.0. The van der Waals surface area contributed by atoms with E-state index in [9.17, 15) is 0 Å². The standard InChI is InChI=1S/C36H62N2/c1-3-5-7-9-11-13-14-15-16-17-19-24-31-36-37-35(30-26-29-34-27-22-21-23-28-34)33-38(36)32-25-20-18-12-10-8-6-4-2/h21-23,27-28,33H,3-20,24-26,29-32H2,1-2H3. The van der Waals surface area contributed by atoms with Gasteiger partial charge in [0.05, 0.1) is 5.69 Å². The molecule has 2 aromatic rings. The van der Waals surface area contributed by atoms with Gasteiger partial charge >= 0.3 is 0 Å². The van der Waals surface area contributed by atoms with Crippen LogP contribution in [0.25, 0.3) is 0 Å². The highest BCUT2D eigenvalue weighted by atomic mass is 15.1. The second-order valence-electron chi connectivity index (χ2n) is 11.8. The molecule has 0 amide bonds. The minimum atomic E-state index is 1.10. The molecular weight excluding hydrogens is 460 g/mol. The maximum absolute atomic E-state index is 5.14. The molecule has 0 aliphatic carbocycles. The number of aromatic nitrogens is 2. The van der Waals surface area contributed by atoms with Crippen molar-refractivity contribution in [1.82, 2.24) is 9.55 Å². The SMILES string of the molecule is CCCCCCCCCCCCCCc1nc(CCCc2ccccc2)cn1CCCCCCCCCC. The van der Waals surface area contributed by atoms with Crippen molar-refractivity contribution in [2.24, 2.45) is 0 Å². The van der Waals surface area contributed by atoms with Crippen LogP contribution in [-0.2, 0) is 25.8 Å². The first-order chi connectivity index (χ1) is 18.8. The van der Waals surface area contributed by atoms with Crippen molar-refractivity contribution in [1.29, 1.82) is 0 Å². The smallest absolute Gasteiger partial charge is 0.108 e. The monoisotopic (exact) mass is 522 g/mol. The van der Waals surface area contributed by atoms with E-state index in [0.29, 0.717) is 0 Å². The first kappa shape index (κ1) is 32.6. The van der Waals surface area contributed by atoms with E-state index in [1.54, 1.807) is 0 Å². The van der Waals surface area contributed by atoms with Crippen LogP contribution in [0.4, 0.5) is 0 Å². The molecule has 0 unspecified atom stereocenters. The summed E-state index contributed by atoms with van der Waals surface area (Å²) < 4.78 is 2.52. The van der Waals surface area contributed by atoms with Gasteiger partial charge in [-0.25, -0.2) is 4.98 Å². The van der Waals surface area contributed by atoms with E-state index in [4.69, 9.17) is 4.98 Å². The van der Waals surface area contributed by atoms with E-state index in [2.05, 4.69) is 54.9 Å². The number of benzene rings is 1. The molecule has 0 saturated heterocycles. The third-order valence-corrected chi connectivity index (χ3v) is 8.16. The molecule has 0 N–H and O–H groups in total. The maximum atomic E-state index is 5.14. The van der Waals surface area contributed by atoms with Crippen molar-refractivity contribution in [3.05, 3.63) is 53.6 Å². The van der Waals surface area contributed by atoms with E-state index < -0.39 is 0 Å². The van der Waals surface area contributed by atoms with Gasteiger partial charge in [-0.3, -0.25) is 0 Å². The highest BCUT2D eigenvalue weighted by Gasteiger charge is 2.08. The lowest BCUT2D eigenvalue weighted by atomic mass is 10.0. The first-order valence-electron chi connectivity index (χ1n) is 16.9. The molecule has 0 atom stereocenters. The highest BCUT2D eigenvalue weighted by molar-refractivity contribution is 5.15. The molecule has 2 nitrogen and oxygen atoms in total. The molecule has 0 aliphatic rings. The average Bonchev–Trinajstić information content (AvgIpc) is 3.32. The minimum absolute atomic E-state index is 1.10. The molecule has 0 fully saturated rings. The van der Waals surface area contributed by atoms with Crippen LogP contribution in [0.1, 0.15) is 166 Å². The van der Waals surface area contributed by atoms with Gasteiger partial charge in [-0.15, -0.1) is 0 Å². The third kappa shape index (κ3) is 16.4. The fourth-order valence-corrected chi connectivity index (χ4v) is 5.69. The summed E-state index contributed by atoms with van der Waals surface area (Å²) in [5, 5.41) is 0. The van der Waals surface area contributed by atoms with Gasteiger partial charge < -0.3 is 4.57 Å². The molecule has 1 heterocycles. The van der Waals surface area contributed by atoms with Crippen LogP contribution in [-0.4, -0.2) is 9.55 Å². The fourth-order valence-electron chi connectivity index (χ4n) is 5.69. The zero-order valence-electron chi connectivity index (χ0n) is 25.5. The predicted molar refractivity (Wildman–Crippen MR) is 168 cm³/mol. The average molecular weight is 523 g/mol. The number of hydrogen-bond donors (Lipinski definition) is 0. The summed E-state index contributed by atoms with van der Waals surface area (Å²) in [6, 6.07) is 10.9. The van der Waals surface area contributed by atoms with Gasteiger partial charge in [0, 0.05) is 19.2 Å². The second kappa shape index (κ2) is 23.3. The molecule has 1 aromatic carbocycles. The zero-order chi connectivity index (χ0) is 26.9. The van der Waals surface area contributed by atoms with Crippen molar-refractivity contribution in [3.63, 3.8) is 0 Å². The van der Waals surface area contributed by atoms with Crippen LogP contribution < -0.4 is 0 Å². The number of rotatable bonds is 26. The fraction of sp³-hybridized carbons (Fsp3) is 0.750. The van der Waals surface area contributed by atoms with Gasteiger partial charge in [-0.1, -0.05) is 160 Å². The van der Waals surface area contributed by atoms with Crippen molar-refractivity contribution >= 4 is 0 Å². The largest absolute Gasteiger partial charge is 0.335 e. The molecule has 0 aliphatic heterocycles. The van der Waals surface area contributed by atoms with Crippen molar-refractivity contribution in [2.75, 3.05) is 0 Å². The molecule has 0 spiro atoms. The van der Waals surface area contributed by atoms with Crippen LogP contribution in [0.3, 0.4) is 0 Å². The third-order valence-electron chi connectivity index (χ3n) is 8.16. The Morgan fingerprint density at radius 3 is 1.55 bits per heavy atom. The van der Waals surface area contributed by atoms with Gasteiger partial charge in [0.1, 0.15) is 5.82 Å². The van der Waals surface area contributed by atoms with Gasteiger partial charge in [-0.2, -0.15) is 0 Å². The molecule has 38 heavy (non-hydrogen) atoms. The number of hydrogen-bond acceptors (Lipinski definition) is 1. The molecule has 0 radical (unpaired) electrons.